The first-order valence-corrected chi connectivity index (χ1v) is 0.996. The van der Waals surface area contributed by atoms with Crippen molar-refractivity contribution in [3.05, 3.63) is 0 Å². The summed E-state index contributed by atoms with van der Waals surface area (Å²) < 4.78 is 0. The molecular weight excluding hydrogens is 54.0 g/mol. The maximum Gasteiger partial charge on any atom is -0.0809 e. The lowest BCUT2D eigenvalue weighted by atomic mass is 10.9. The lowest BCUT2D eigenvalue weighted by molar-refractivity contribution is -0.361. The highest BCUT2D eigenvalue weighted by atomic mass is 16.2. The van der Waals surface area contributed by atoms with Gasteiger partial charge in [-0.25, -0.2) is 0 Å². The second-order valence-electron chi connectivity index (χ2n) is 0.289. The summed E-state index contributed by atoms with van der Waals surface area (Å²) in [5, 5.41) is 8.93. The van der Waals surface area contributed by atoms with E-state index in [-0.39, 0.29) is 12.8 Å². The number of rotatable bonds is 0. The molecule has 0 aromatic carbocycles. The summed E-state index contributed by atoms with van der Waals surface area (Å²) in [6.45, 7) is 1.57. The fourth-order valence-electron chi connectivity index (χ4n) is 0. The van der Waals surface area contributed by atoms with Crippen LogP contribution in [0, 0.1) is 0 Å². The predicted molar refractivity (Wildman–Crippen MR) is 16.5 cm³/mol. The van der Waals surface area contributed by atoms with Crippen molar-refractivity contribution in [2.45, 2.75) is 6.92 Å². The van der Waals surface area contributed by atoms with E-state index in [0.29, 0.717) is 0 Å². The van der Waals surface area contributed by atoms with Crippen molar-refractivity contribution >= 4 is 0 Å². The molecule has 0 aromatic rings. The Morgan fingerprint density at radius 2 is 1.75 bits per heavy atom. The van der Waals surface area contributed by atoms with E-state index in [0.717, 1.165) is 0 Å². The molecule has 2 nitrogen and oxygen atoms in total. The van der Waals surface area contributed by atoms with E-state index in [9.17, 15) is 0 Å². The van der Waals surface area contributed by atoms with E-state index < -0.39 is 0 Å². The summed E-state index contributed by atoms with van der Waals surface area (Å²) in [6.07, 6.45) is 0. The van der Waals surface area contributed by atoms with Gasteiger partial charge in [-0.2, -0.15) is 0 Å². The van der Waals surface area contributed by atoms with Crippen LogP contribution in [0.1, 0.15) is 6.92 Å². The topological polar surface area (TPSA) is 59.6 Å². The van der Waals surface area contributed by atoms with Gasteiger partial charge in [0.1, 0.15) is 0 Å². The molecule has 0 atom stereocenters. The quantitative estimate of drug-likeness (QED) is 0.413. The normalized spacial score (nSPS) is 4.50. The largest absolute Gasteiger partial charge is 0.855 e. The van der Waals surface area contributed by atoms with E-state index in [1.54, 1.807) is 6.92 Å². The molecule has 4 N–H and O–H groups in total. The Morgan fingerprint density at radius 1 is 1.75 bits per heavy atom. The zero-order chi connectivity index (χ0) is 2.71. The Hall–Kier alpha value is -0.0800. The van der Waals surface area contributed by atoms with E-state index in [2.05, 4.69) is 0 Å². The summed E-state index contributed by atoms with van der Waals surface area (Å²) in [5.41, 5.74) is 0. The van der Waals surface area contributed by atoms with Gasteiger partial charge in [0.05, 0.1) is 0 Å². The molecule has 28 valence electrons. The molecule has 0 amide bonds. The summed E-state index contributed by atoms with van der Waals surface area (Å²) in [7, 11) is 0. The van der Waals surface area contributed by atoms with Gasteiger partial charge in [-0.3, -0.25) is 0 Å². The molecule has 0 radical (unpaired) electrons. The number of hydrogen-bond donors (Lipinski definition) is 1. The smallest absolute Gasteiger partial charge is 0.0809 e. The SMILES string of the molecule is CC[O-].[NH4+]. The second kappa shape index (κ2) is 12.7. The van der Waals surface area contributed by atoms with Crippen molar-refractivity contribution in [1.29, 1.82) is 0 Å². The average Bonchev–Trinajstić information content (AvgIpc) is 0.918. The van der Waals surface area contributed by atoms with Gasteiger partial charge < -0.3 is 11.3 Å². The van der Waals surface area contributed by atoms with Gasteiger partial charge in [0.2, 0.25) is 0 Å². The first-order chi connectivity index (χ1) is 1.41. The Kier molecular flexibility index (Phi) is 28.8. The molecule has 0 aromatic heterocycles. The minimum Gasteiger partial charge on any atom is -0.855 e. The van der Waals surface area contributed by atoms with Gasteiger partial charge in [-0.15, -0.1) is 6.61 Å². The standard InChI is InChI=1S/C2H5O.H3N/c1-2-3;/h2H2,1H3;1H3/q-1;/p+1. The third kappa shape index (κ3) is 254. The van der Waals surface area contributed by atoms with Crippen molar-refractivity contribution in [3.63, 3.8) is 0 Å². The average molecular weight is 63.1 g/mol. The minimum atomic E-state index is 0. The zero-order valence-electron chi connectivity index (χ0n) is 3.12. The van der Waals surface area contributed by atoms with Crippen LogP contribution in [-0.4, -0.2) is 6.61 Å². The highest BCUT2D eigenvalue weighted by Gasteiger charge is 1.16. The molecule has 0 aliphatic carbocycles. The zero-order valence-corrected chi connectivity index (χ0v) is 3.12. The van der Waals surface area contributed by atoms with Crippen LogP contribution in [0.3, 0.4) is 0 Å². The van der Waals surface area contributed by atoms with Crippen molar-refractivity contribution in [2.75, 3.05) is 6.61 Å². The van der Waals surface area contributed by atoms with E-state index in [1.807, 2.05) is 0 Å². The van der Waals surface area contributed by atoms with Crippen molar-refractivity contribution in [2.24, 2.45) is 0 Å². The molecule has 0 heterocycles. The first kappa shape index (κ1) is 9.07. The van der Waals surface area contributed by atoms with E-state index >= 15 is 0 Å². The molecule has 0 bridgehead atoms. The highest BCUT2D eigenvalue weighted by molar-refractivity contribution is 3.79. The summed E-state index contributed by atoms with van der Waals surface area (Å²) in [6, 6.07) is 0. The monoisotopic (exact) mass is 63.1 g/mol. The van der Waals surface area contributed by atoms with Gasteiger partial charge in [0, 0.05) is 0 Å². The van der Waals surface area contributed by atoms with Gasteiger partial charge in [-0.05, 0) is 0 Å². The van der Waals surface area contributed by atoms with Crippen molar-refractivity contribution in [1.82, 2.24) is 6.15 Å². The van der Waals surface area contributed by atoms with Gasteiger partial charge in [-0.1, -0.05) is 6.92 Å². The van der Waals surface area contributed by atoms with E-state index in [1.165, 1.54) is 0 Å². The highest BCUT2D eigenvalue weighted by Crippen LogP contribution is 1.18. The minimum absolute atomic E-state index is 0. The third-order valence-corrected chi connectivity index (χ3v) is 0. The third-order valence-electron chi connectivity index (χ3n) is 0. The van der Waals surface area contributed by atoms with Gasteiger partial charge in [0.15, 0.2) is 0 Å². The molecule has 0 unspecified atom stereocenters. The summed E-state index contributed by atoms with van der Waals surface area (Å²) in [5.74, 6) is 0. The molecular formula is C2H9NO. The molecule has 0 saturated carbocycles. The molecule has 0 saturated heterocycles. The van der Waals surface area contributed by atoms with Crippen LogP contribution in [0.2, 0.25) is 0 Å². The Morgan fingerprint density at radius 3 is 1.75 bits per heavy atom. The van der Waals surface area contributed by atoms with Crippen molar-refractivity contribution < 1.29 is 5.11 Å². The summed E-state index contributed by atoms with van der Waals surface area (Å²) in [4.78, 5) is 0. The van der Waals surface area contributed by atoms with E-state index in [4.69, 9.17) is 5.11 Å². The van der Waals surface area contributed by atoms with Crippen LogP contribution in [0.4, 0.5) is 0 Å². The molecule has 0 spiro atoms. The predicted octanol–water partition coefficient (Wildman–Crippen LogP) is -0.257. The van der Waals surface area contributed by atoms with Crippen LogP contribution in [0.25, 0.3) is 0 Å². The Balaban J connectivity index is 0. The fourth-order valence-corrected chi connectivity index (χ4v) is 0. The molecule has 0 rings (SSSR count). The molecule has 0 aliphatic heterocycles. The Labute approximate surface area is 26.0 Å². The summed E-state index contributed by atoms with van der Waals surface area (Å²) >= 11 is 0. The molecule has 0 aliphatic rings. The lowest BCUT2D eigenvalue weighted by Gasteiger charge is -1.79. The van der Waals surface area contributed by atoms with Gasteiger partial charge in [0.25, 0.3) is 0 Å². The number of hydrogen-bond acceptors (Lipinski definition) is 1. The fraction of sp³-hybridized carbons (Fsp3) is 1.00. The van der Waals surface area contributed by atoms with Gasteiger partial charge >= 0.3 is 0 Å². The molecule has 4 heavy (non-hydrogen) atoms. The molecule has 2 heteroatoms. The first-order valence-electron chi connectivity index (χ1n) is 0.996. The van der Waals surface area contributed by atoms with Crippen LogP contribution < -0.4 is 11.3 Å². The lowest BCUT2D eigenvalue weighted by Crippen LogP contribution is -1.97. The van der Waals surface area contributed by atoms with Crippen LogP contribution >= 0.6 is 0 Å². The maximum atomic E-state index is 8.93. The maximum absolute atomic E-state index is 8.93. The van der Waals surface area contributed by atoms with Crippen LogP contribution in [0.5, 0.6) is 0 Å². The van der Waals surface area contributed by atoms with Crippen LogP contribution in [-0.2, 0) is 0 Å². The van der Waals surface area contributed by atoms with Crippen molar-refractivity contribution in [3.8, 4) is 0 Å². The second-order valence-corrected chi connectivity index (χ2v) is 0.289. The number of quaternary nitrogens is 1. The molecule has 0 fully saturated rings. The Bertz CT molecular complexity index is 6.00. The van der Waals surface area contributed by atoms with Crippen LogP contribution in [0.15, 0.2) is 0 Å².